The van der Waals surface area contributed by atoms with Gasteiger partial charge in [-0.2, -0.15) is 5.26 Å². The summed E-state index contributed by atoms with van der Waals surface area (Å²) in [6.45, 7) is 4.20. The van der Waals surface area contributed by atoms with Gasteiger partial charge in [0.25, 0.3) is 0 Å². The van der Waals surface area contributed by atoms with Crippen molar-refractivity contribution in [3.05, 3.63) is 64.7 Å². The third kappa shape index (κ3) is 3.67. The fourth-order valence-electron chi connectivity index (χ4n) is 3.32. The van der Waals surface area contributed by atoms with Crippen LogP contribution in [0.4, 0.5) is 5.69 Å². The van der Waals surface area contributed by atoms with Crippen LogP contribution in [-0.2, 0) is 6.42 Å². The van der Waals surface area contributed by atoms with E-state index in [9.17, 15) is 4.79 Å². The van der Waals surface area contributed by atoms with Gasteiger partial charge in [0.2, 0.25) is 0 Å². The predicted molar refractivity (Wildman–Crippen MR) is 105 cm³/mol. The average Bonchev–Trinajstić information content (AvgIpc) is 2.60. The average molecular weight is 345 g/mol. The number of nitrogens with zero attached hydrogens (tertiary/aromatic N) is 3. The number of Topliss-reactive ketones (excluding diaryl/α,β-unsaturated/α-hetero) is 1. The van der Waals surface area contributed by atoms with Crippen molar-refractivity contribution < 1.29 is 4.79 Å². The van der Waals surface area contributed by atoms with Crippen LogP contribution in [0, 0.1) is 11.3 Å². The molecule has 4 nitrogen and oxygen atoms in total. The van der Waals surface area contributed by atoms with Crippen molar-refractivity contribution >= 4 is 17.2 Å². The second-order valence-electron chi connectivity index (χ2n) is 7.57. The van der Waals surface area contributed by atoms with E-state index in [1.54, 1.807) is 24.3 Å². The van der Waals surface area contributed by atoms with Gasteiger partial charge < -0.3 is 4.90 Å². The highest BCUT2D eigenvalue weighted by atomic mass is 16.1. The van der Waals surface area contributed by atoms with Gasteiger partial charge in [-0.15, -0.1) is 0 Å². The molecule has 1 heterocycles. The molecule has 0 aromatic heterocycles. The first-order chi connectivity index (χ1) is 12.3. The maximum Gasteiger partial charge on any atom is 0.168 e. The molecule has 0 bridgehead atoms. The van der Waals surface area contributed by atoms with Gasteiger partial charge in [0, 0.05) is 30.9 Å². The maximum absolute atomic E-state index is 12.8. The van der Waals surface area contributed by atoms with E-state index in [1.807, 2.05) is 14.1 Å². The van der Waals surface area contributed by atoms with Crippen LogP contribution in [0.3, 0.4) is 0 Å². The van der Waals surface area contributed by atoms with Crippen molar-refractivity contribution in [1.82, 2.24) is 0 Å². The highest BCUT2D eigenvalue weighted by molar-refractivity contribution is 6.17. The first-order valence-corrected chi connectivity index (χ1v) is 8.72. The van der Waals surface area contributed by atoms with Crippen molar-refractivity contribution in [1.29, 1.82) is 5.26 Å². The summed E-state index contributed by atoms with van der Waals surface area (Å²) >= 11 is 0. The van der Waals surface area contributed by atoms with Crippen LogP contribution in [0.2, 0.25) is 0 Å². The number of fused-ring (bicyclic) bond motifs is 1. The van der Waals surface area contributed by atoms with E-state index in [-0.39, 0.29) is 17.7 Å². The Morgan fingerprint density at radius 2 is 1.88 bits per heavy atom. The maximum atomic E-state index is 12.8. The second-order valence-corrected chi connectivity index (χ2v) is 7.57. The van der Waals surface area contributed by atoms with Crippen LogP contribution in [0.1, 0.15) is 47.3 Å². The summed E-state index contributed by atoms with van der Waals surface area (Å²) in [5.41, 5.74) is 5.19. The zero-order valence-corrected chi connectivity index (χ0v) is 15.7. The monoisotopic (exact) mass is 345 g/mol. The third-order valence-corrected chi connectivity index (χ3v) is 4.65. The minimum atomic E-state index is -0.215. The highest BCUT2D eigenvalue weighted by Gasteiger charge is 2.28. The number of aliphatic imine (C=N–C) groups is 1. The Hall–Kier alpha value is -2.93. The molecule has 2 aromatic carbocycles. The minimum Gasteiger partial charge on any atom is -0.378 e. The molecule has 0 N–H and O–H groups in total. The zero-order chi connectivity index (χ0) is 18.9. The molecule has 0 aliphatic carbocycles. The third-order valence-electron chi connectivity index (χ3n) is 4.65. The Bertz CT molecular complexity index is 915. The van der Waals surface area contributed by atoms with Gasteiger partial charge >= 0.3 is 0 Å². The van der Waals surface area contributed by atoms with E-state index in [0.717, 1.165) is 23.4 Å². The summed E-state index contributed by atoms with van der Waals surface area (Å²) in [4.78, 5) is 19.7. The van der Waals surface area contributed by atoms with Crippen molar-refractivity contribution in [2.45, 2.75) is 32.2 Å². The van der Waals surface area contributed by atoms with Gasteiger partial charge in [-0.05, 0) is 50.1 Å². The van der Waals surface area contributed by atoms with Crippen LogP contribution >= 0.6 is 0 Å². The predicted octanol–water partition coefficient (Wildman–Crippen LogP) is 4.02. The molecule has 0 atom stereocenters. The molecule has 2 aromatic rings. The number of carbonyl (C=O) groups excluding carboxylic acids is 1. The fourth-order valence-corrected chi connectivity index (χ4v) is 3.32. The molecule has 1 aliphatic rings. The number of rotatable bonds is 4. The summed E-state index contributed by atoms with van der Waals surface area (Å²) in [7, 11) is 4.01. The number of carbonyl (C=O) groups is 1. The van der Waals surface area contributed by atoms with E-state index < -0.39 is 0 Å². The van der Waals surface area contributed by atoms with Crippen LogP contribution < -0.4 is 4.90 Å². The normalized spacial score (nSPS) is 14.8. The van der Waals surface area contributed by atoms with Gasteiger partial charge in [0.15, 0.2) is 5.78 Å². The SMILES string of the molecule is CN(C)c1ccc2c(c1)C(CC(=O)c1ccc(C#N)cc1)=NC(C)(C)C2. The lowest BCUT2D eigenvalue weighted by Crippen LogP contribution is -2.30. The van der Waals surface area contributed by atoms with Crippen LogP contribution in [0.15, 0.2) is 47.5 Å². The lowest BCUT2D eigenvalue weighted by Gasteiger charge is -2.30. The summed E-state index contributed by atoms with van der Waals surface area (Å²) < 4.78 is 0. The Morgan fingerprint density at radius 3 is 2.50 bits per heavy atom. The molecule has 1 aliphatic heterocycles. The molecular formula is C22H23N3O. The Balaban J connectivity index is 1.95. The lowest BCUT2D eigenvalue weighted by molar-refractivity contribution is 0.100. The lowest BCUT2D eigenvalue weighted by atomic mass is 9.85. The van der Waals surface area contributed by atoms with Gasteiger partial charge in [-0.25, -0.2) is 0 Å². The minimum absolute atomic E-state index is 0.0205. The summed E-state index contributed by atoms with van der Waals surface area (Å²) in [6, 6.07) is 15.2. The Labute approximate surface area is 154 Å². The Morgan fingerprint density at radius 1 is 1.19 bits per heavy atom. The van der Waals surface area contributed by atoms with Crippen LogP contribution in [-0.4, -0.2) is 31.1 Å². The zero-order valence-electron chi connectivity index (χ0n) is 15.7. The molecule has 0 saturated carbocycles. The topological polar surface area (TPSA) is 56.5 Å². The van der Waals surface area contributed by atoms with Crippen molar-refractivity contribution in [3.8, 4) is 6.07 Å². The van der Waals surface area contributed by atoms with E-state index in [1.165, 1.54) is 5.56 Å². The largest absolute Gasteiger partial charge is 0.378 e. The smallest absolute Gasteiger partial charge is 0.168 e. The van der Waals surface area contributed by atoms with E-state index in [0.29, 0.717) is 11.1 Å². The van der Waals surface area contributed by atoms with E-state index in [2.05, 4.69) is 43.0 Å². The van der Waals surface area contributed by atoms with Crippen molar-refractivity contribution in [2.75, 3.05) is 19.0 Å². The summed E-state index contributed by atoms with van der Waals surface area (Å²) in [6.07, 6.45) is 1.13. The summed E-state index contributed by atoms with van der Waals surface area (Å²) in [5.74, 6) is 0.0205. The second kappa shape index (κ2) is 6.76. The van der Waals surface area contributed by atoms with Crippen LogP contribution in [0.5, 0.6) is 0 Å². The molecule has 4 heteroatoms. The van der Waals surface area contributed by atoms with Gasteiger partial charge in [0.05, 0.1) is 29.3 Å². The number of nitriles is 1. The van der Waals surface area contributed by atoms with Gasteiger partial charge in [0.1, 0.15) is 0 Å². The molecule has 3 rings (SSSR count). The quantitative estimate of drug-likeness (QED) is 0.786. The van der Waals surface area contributed by atoms with E-state index in [4.69, 9.17) is 10.3 Å². The van der Waals surface area contributed by atoms with E-state index >= 15 is 0 Å². The number of ketones is 1. The molecule has 132 valence electrons. The van der Waals surface area contributed by atoms with Gasteiger partial charge in [-0.1, -0.05) is 18.2 Å². The number of hydrogen-bond donors (Lipinski definition) is 0. The highest BCUT2D eigenvalue weighted by Crippen LogP contribution is 2.31. The molecular weight excluding hydrogens is 322 g/mol. The first-order valence-electron chi connectivity index (χ1n) is 8.72. The molecule has 0 radical (unpaired) electrons. The number of hydrogen-bond acceptors (Lipinski definition) is 4. The first kappa shape index (κ1) is 17.9. The molecule has 0 spiro atoms. The number of benzene rings is 2. The fraction of sp³-hybridized carbons (Fsp3) is 0.318. The Kier molecular flexibility index (Phi) is 4.65. The molecule has 0 amide bonds. The number of anilines is 1. The molecule has 0 unspecified atom stereocenters. The van der Waals surface area contributed by atoms with Crippen molar-refractivity contribution in [3.63, 3.8) is 0 Å². The van der Waals surface area contributed by atoms with Crippen molar-refractivity contribution in [2.24, 2.45) is 4.99 Å². The molecule has 0 saturated heterocycles. The molecule has 26 heavy (non-hydrogen) atoms. The van der Waals surface area contributed by atoms with Crippen LogP contribution in [0.25, 0.3) is 0 Å². The standard InChI is InChI=1S/C22H23N3O/c1-22(2)13-17-9-10-18(25(3)4)11-19(17)20(24-22)12-21(26)16-7-5-15(14-23)6-8-16/h5-11H,12-13H2,1-4H3. The molecule has 0 fully saturated rings. The summed E-state index contributed by atoms with van der Waals surface area (Å²) in [5, 5.41) is 8.91. The van der Waals surface area contributed by atoms with Gasteiger partial charge in [-0.3, -0.25) is 9.79 Å².